The first-order valence-corrected chi connectivity index (χ1v) is 12.0. The van der Waals surface area contributed by atoms with Crippen LogP contribution in [0.2, 0.25) is 0 Å². The molecule has 0 fully saturated rings. The molecule has 4 aromatic rings. The summed E-state index contributed by atoms with van der Waals surface area (Å²) in [5.74, 6) is -0.139. The Morgan fingerprint density at radius 2 is 1.78 bits per heavy atom. The van der Waals surface area contributed by atoms with Crippen molar-refractivity contribution in [3.05, 3.63) is 70.7 Å². The second-order valence-electron chi connectivity index (χ2n) is 7.00. The molecule has 0 aliphatic heterocycles. The van der Waals surface area contributed by atoms with Gasteiger partial charge in [-0.15, -0.1) is 0 Å². The number of fused-ring (bicyclic) bond motifs is 1. The van der Waals surface area contributed by atoms with E-state index in [0.717, 1.165) is 16.2 Å². The molecule has 0 saturated heterocycles. The number of carbonyl (C=O) groups is 1. The number of sulfonamides is 1. The molecule has 2 aromatic carbocycles. The van der Waals surface area contributed by atoms with Crippen LogP contribution in [0.3, 0.4) is 0 Å². The van der Waals surface area contributed by atoms with Gasteiger partial charge in [-0.2, -0.15) is 0 Å². The summed E-state index contributed by atoms with van der Waals surface area (Å²) in [6.45, 7) is 3.48. The SMILES string of the molecule is Cc1cc(C)nc([N-]S(=O)(=O)c2ccc(NC(=O)CSc3[nH]c4ccccc4[nH+]3)cc2)n1. The second-order valence-corrected chi connectivity index (χ2v) is 9.59. The van der Waals surface area contributed by atoms with Crippen molar-refractivity contribution >= 4 is 50.4 Å². The Balaban J connectivity index is 1.36. The van der Waals surface area contributed by atoms with E-state index in [1.165, 1.54) is 36.0 Å². The number of anilines is 1. The summed E-state index contributed by atoms with van der Waals surface area (Å²) in [4.78, 5) is 26.8. The fraction of sp³-hybridized carbons (Fsp3) is 0.143. The fourth-order valence-corrected chi connectivity index (χ4v) is 4.60. The smallest absolute Gasteiger partial charge is 0.315 e. The van der Waals surface area contributed by atoms with Crippen LogP contribution in [0.25, 0.3) is 15.8 Å². The average molecular weight is 469 g/mol. The van der Waals surface area contributed by atoms with Crippen LogP contribution < -0.4 is 10.3 Å². The molecule has 164 valence electrons. The molecule has 1 amide bonds. The van der Waals surface area contributed by atoms with Gasteiger partial charge in [0.2, 0.25) is 15.9 Å². The lowest BCUT2D eigenvalue weighted by Gasteiger charge is -2.15. The molecule has 0 unspecified atom stereocenters. The molecule has 4 rings (SSSR count). The van der Waals surface area contributed by atoms with Gasteiger partial charge < -0.3 is 15.3 Å². The maximum absolute atomic E-state index is 12.5. The van der Waals surface area contributed by atoms with E-state index in [1.807, 2.05) is 24.3 Å². The Morgan fingerprint density at radius 1 is 1.09 bits per heavy atom. The minimum Gasteiger partial charge on any atom is -0.363 e. The van der Waals surface area contributed by atoms with E-state index in [0.29, 0.717) is 17.1 Å². The Bertz CT molecular complexity index is 1330. The number of imidazole rings is 1. The number of para-hydroxylation sites is 2. The number of aromatic amines is 2. The number of carbonyl (C=O) groups excluding carboxylic acids is 1. The van der Waals surface area contributed by atoms with Crippen molar-refractivity contribution in [2.75, 3.05) is 11.1 Å². The van der Waals surface area contributed by atoms with Crippen molar-refractivity contribution in [1.29, 1.82) is 0 Å². The molecule has 0 radical (unpaired) electrons. The van der Waals surface area contributed by atoms with Crippen LogP contribution in [0.4, 0.5) is 11.6 Å². The first-order chi connectivity index (χ1) is 15.3. The highest BCUT2D eigenvalue weighted by Crippen LogP contribution is 2.26. The number of rotatable bonds is 7. The van der Waals surface area contributed by atoms with Crippen LogP contribution >= 0.6 is 11.8 Å². The van der Waals surface area contributed by atoms with Crippen molar-refractivity contribution in [3.8, 4) is 0 Å². The minimum absolute atomic E-state index is 0.0136. The number of amides is 1. The van der Waals surface area contributed by atoms with Crippen LogP contribution in [0.15, 0.2) is 64.6 Å². The van der Waals surface area contributed by atoms with Crippen LogP contribution in [0, 0.1) is 13.8 Å². The van der Waals surface area contributed by atoms with Gasteiger partial charge >= 0.3 is 5.16 Å². The van der Waals surface area contributed by atoms with Crippen LogP contribution in [-0.2, 0) is 14.8 Å². The molecule has 2 aromatic heterocycles. The summed E-state index contributed by atoms with van der Waals surface area (Å²) in [6, 6.07) is 15.3. The maximum atomic E-state index is 12.5. The van der Waals surface area contributed by atoms with Crippen molar-refractivity contribution in [2.45, 2.75) is 23.9 Å². The summed E-state index contributed by atoms with van der Waals surface area (Å²) in [5, 5.41) is 3.53. The fourth-order valence-electron chi connectivity index (χ4n) is 3.00. The van der Waals surface area contributed by atoms with E-state index in [1.54, 1.807) is 19.9 Å². The molecule has 0 saturated carbocycles. The number of H-pyrrole nitrogens is 2. The van der Waals surface area contributed by atoms with Crippen LogP contribution in [0.5, 0.6) is 0 Å². The van der Waals surface area contributed by atoms with Gasteiger partial charge in [-0.05, 0) is 73.4 Å². The molecular weight excluding hydrogens is 448 g/mol. The minimum atomic E-state index is -3.98. The lowest BCUT2D eigenvalue weighted by Crippen LogP contribution is -2.15. The lowest BCUT2D eigenvalue weighted by atomic mass is 10.3. The molecule has 2 heterocycles. The van der Waals surface area contributed by atoms with Gasteiger partial charge in [0.25, 0.3) is 0 Å². The Hall–Kier alpha value is -3.44. The summed E-state index contributed by atoms with van der Waals surface area (Å²) < 4.78 is 28.8. The zero-order chi connectivity index (χ0) is 22.7. The number of nitrogens with zero attached hydrogens (tertiary/aromatic N) is 3. The normalized spacial score (nSPS) is 11.4. The highest BCUT2D eigenvalue weighted by atomic mass is 32.2. The predicted molar refractivity (Wildman–Crippen MR) is 122 cm³/mol. The summed E-state index contributed by atoms with van der Waals surface area (Å²) in [6.07, 6.45) is 0. The van der Waals surface area contributed by atoms with Gasteiger partial charge in [0, 0.05) is 11.6 Å². The third kappa shape index (κ3) is 5.24. The van der Waals surface area contributed by atoms with Crippen molar-refractivity contribution in [2.24, 2.45) is 0 Å². The average Bonchev–Trinajstić information content (AvgIpc) is 3.15. The lowest BCUT2D eigenvalue weighted by molar-refractivity contribution is -0.396. The molecule has 9 nitrogen and oxygen atoms in total. The summed E-state index contributed by atoms with van der Waals surface area (Å²) >= 11 is 1.34. The zero-order valence-corrected chi connectivity index (χ0v) is 18.9. The standard InChI is InChI=1S/C21H20N6O3S2/c1-13-11-14(2)23-20(22-13)27-32(29,30)16-9-7-15(8-10-16)24-19(28)12-31-21-25-17-5-3-4-6-18(17)26-21/h3-11H,12H2,1-2H3,(H3,22,23,24,25,26,27,28). The number of aryl methyl sites for hydroxylation is 2. The first kappa shape index (κ1) is 21.8. The second kappa shape index (κ2) is 8.97. The van der Waals surface area contributed by atoms with Crippen molar-refractivity contribution < 1.29 is 18.2 Å². The van der Waals surface area contributed by atoms with Gasteiger partial charge in [0.15, 0.2) is 11.0 Å². The molecule has 32 heavy (non-hydrogen) atoms. The van der Waals surface area contributed by atoms with Gasteiger partial charge in [-0.3, -0.25) is 9.52 Å². The van der Waals surface area contributed by atoms with E-state index < -0.39 is 10.0 Å². The van der Waals surface area contributed by atoms with Crippen LogP contribution in [-0.4, -0.2) is 35.0 Å². The zero-order valence-electron chi connectivity index (χ0n) is 17.3. The van der Waals surface area contributed by atoms with Crippen molar-refractivity contribution in [3.63, 3.8) is 0 Å². The summed E-state index contributed by atoms with van der Waals surface area (Å²) in [7, 11) is -3.98. The highest BCUT2D eigenvalue weighted by molar-refractivity contribution is 7.99. The first-order valence-electron chi connectivity index (χ1n) is 9.61. The van der Waals surface area contributed by atoms with E-state index in [2.05, 4.69) is 30.0 Å². The van der Waals surface area contributed by atoms with Crippen LogP contribution in [0.1, 0.15) is 11.4 Å². The number of hydrogen-bond acceptors (Lipinski definition) is 6. The number of benzene rings is 2. The Kier molecular flexibility index (Phi) is 6.10. The van der Waals surface area contributed by atoms with Gasteiger partial charge in [0.1, 0.15) is 0 Å². The summed E-state index contributed by atoms with van der Waals surface area (Å²) in [5.41, 5.74) is 3.67. The monoisotopic (exact) mass is 468 g/mol. The number of nitrogens with one attached hydrogen (secondary N) is 3. The molecule has 11 heteroatoms. The van der Waals surface area contributed by atoms with Gasteiger partial charge in [-0.1, -0.05) is 18.2 Å². The highest BCUT2D eigenvalue weighted by Gasteiger charge is 2.14. The molecule has 0 spiro atoms. The third-order valence-corrected chi connectivity index (χ3v) is 6.55. The number of hydrogen-bond donors (Lipinski definition) is 2. The van der Waals surface area contributed by atoms with E-state index in [-0.39, 0.29) is 22.5 Å². The Morgan fingerprint density at radius 3 is 2.47 bits per heavy atom. The molecular formula is C21H20N6O3S2. The third-order valence-electron chi connectivity index (χ3n) is 4.38. The van der Waals surface area contributed by atoms with Crippen molar-refractivity contribution in [1.82, 2.24) is 15.0 Å². The van der Waals surface area contributed by atoms with E-state index >= 15 is 0 Å². The van der Waals surface area contributed by atoms with E-state index in [9.17, 15) is 13.2 Å². The largest absolute Gasteiger partial charge is 0.363 e. The predicted octanol–water partition coefficient (Wildman–Crippen LogP) is 3.51. The molecule has 0 aliphatic carbocycles. The van der Waals surface area contributed by atoms with E-state index in [4.69, 9.17) is 0 Å². The number of aromatic nitrogens is 4. The molecule has 3 N–H and O–H groups in total. The quantitative estimate of drug-likeness (QED) is 0.399. The Labute approximate surface area is 189 Å². The number of thioether (sulfide) groups is 1. The topological polar surface area (TPSA) is 133 Å². The van der Waals surface area contributed by atoms with Gasteiger partial charge in [-0.25, -0.2) is 18.4 Å². The maximum Gasteiger partial charge on any atom is 0.315 e. The molecule has 0 atom stereocenters. The van der Waals surface area contributed by atoms with Gasteiger partial charge in [0.05, 0.1) is 10.6 Å². The molecule has 0 aliphatic rings. The molecule has 0 bridgehead atoms.